The van der Waals surface area contributed by atoms with Crippen LogP contribution in [0.25, 0.3) is 0 Å². The zero-order chi connectivity index (χ0) is 27.2. The molecule has 0 radical (unpaired) electrons. The third-order valence-electron chi connectivity index (χ3n) is 6.46. The Morgan fingerprint density at radius 3 is 1.22 bits per heavy atom. The fourth-order valence-electron chi connectivity index (χ4n) is 4.68. The molecule has 8 heteroatoms. The van der Waals surface area contributed by atoms with Gasteiger partial charge in [0.1, 0.15) is 11.2 Å². The molecule has 2 aliphatic rings. The minimum absolute atomic E-state index is 0.234. The third-order valence-corrected chi connectivity index (χ3v) is 6.46. The Hall–Kier alpha value is -2.48. The van der Waals surface area contributed by atoms with Gasteiger partial charge in [0.25, 0.3) is 0 Å². The summed E-state index contributed by atoms with van der Waals surface area (Å²) in [6.07, 6.45) is 11.0. The minimum atomic E-state index is -0.436. The molecule has 2 N–H and O–H groups in total. The van der Waals surface area contributed by atoms with Gasteiger partial charge in [-0.15, -0.1) is 0 Å². The van der Waals surface area contributed by atoms with E-state index >= 15 is 0 Å². The predicted octanol–water partition coefficient (Wildman–Crippen LogP) is 6.75. The number of nitrogens with one attached hydrogen (secondary N) is 2. The second kappa shape index (κ2) is 15.6. The Balaban J connectivity index is 0.000000360. The number of ether oxygens (including phenoxy) is 2. The first-order valence-corrected chi connectivity index (χ1v) is 13.5. The number of alkyl carbamates (subject to hydrolysis) is 2. The summed E-state index contributed by atoms with van der Waals surface area (Å²) in [7, 11) is 0. The van der Waals surface area contributed by atoms with E-state index in [0.717, 1.165) is 64.2 Å². The summed E-state index contributed by atoms with van der Waals surface area (Å²) in [5.41, 5.74) is -0.873. The molecule has 0 aromatic carbocycles. The van der Waals surface area contributed by atoms with Crippen LogP contribution in [0.3, 0.4) is 0 Å². The van der Waals surface area contributed by atoms with Gasteiger partial charge in [-0.25, -0.2) is 9.59 Å². The molecule has 36 heavy (non-hydrogen) atoms. The van der Waals surface area contributed by atoms with E-state index in [1.54, 1.807) is 0 Å². The number of carbonyl (C=O) groups excluding carboxylic acids is 2. The van der Waals surface area contributed by atoms with E-state index in [2.05, 4.69) is 22.8 Å². The fraction of sp³-hybridized carbons (Fsp3) is 0.857. The van der Waals surface area contributed by atoms with Crippen LogP contribution < -0.4 is 10.6 Å². The van der Waals surface area contributed by atoms with Crippen LogP contribution in [0.2, 0.25) is 0 Å². The summed E-state index contributed by atoms with van der Waals surface area (Å²) in [4.78, 5) is 23.2. The molecule has 0 aromatic rings. The molecule has 2 saturated carbocycles. The second-order valence-electron chi connectivity index (χ2n) is 12.1. The molecule has 0 aliphatic heterocycles. The van der Waals surface area contributed by atoms with Crippen molar-refractivity contribution in [2.45, 2.75) is 142 Å². The summed E-state index contributed by atoms with van der Waals surface area (Å²) < 4.78 is 10.5. The minimum Gasteiger partial charge on any atom is -0.444 e. The molecule has 2 amide bonds. The van der Waals surface area contributed by atoms with Gasteiger partial charge in [-0.3, -0.25) is 0 Å². The highest BCUT2D eigenvalue weighted by atomic mass is 16.6. The number of hydrogen-bond donors (Lipinski definition) is 2. The summed E-state index contributed by atoms with van der Waals surface area (Å²) in [6, 6.07) is 4.86. The summed E-state index contributed by atoms with van der Waals surface area (Å²) >= 11 is 0. The predicted molar refractivity (Wildman–Crippen MR) is 140 cm³/mol. The number of nitriles is 2. The van der Waals surface area contributed by atoms with Gasteiger partial charge in [-0.1, -0.05) is 0 Å². The van der Waals surface area contributed by atoms with Crippen LogP contribution in [0.5, 0.6) is 0 Å². The normalized spacial score (nSPS) is 24.1. The van der Waals surface area contributed by atoms with Gasteiger partial charge in [0.05, 0.1) is 12.1 Å². The van der Waals surface area contributed by atoms with Gasteiger partial charge in [-0.2, -0.15) is 10.5 Å². The van der Waals surface area contributed by atoms with Gasteiger partial charge in [0, 0.05) is 24.9 Å². The molecule has 0 atom stereocenters. The SMILES string of the molecule is CC(C)(C)OC(=O)NC1CCC(CCC#N)CC1.CC(C)(C)OC(=O)NC1CCC(CCC#N)CC1. The molecule has 204 valence electrons. The molecule has 0 spiro atoms. The molecule has 0 heterocycles. The molecule has 0 unspecified atom stereocenters. The Labute approximate surface area is 218 Å². The van der Waals surface area contributed by atoms with Crippen LogP contribution >= 0.6 is 0 Å². The Morgan fingerprint density at radius 1 is 0.667 bits per heavy atom. The van der Waals surface area contributed by atoms with E-state index in [-0.39, 0.29) is 24.3 Å². The topological polar surface area (TPSA) is 124 Å². The van der Waals surface area contributed by atoms with Crippen molar-refractivity contribution in [3.8, 4) is 12.1 Å². The molecule has 2 rings (SSSR count). The Kier molecular flexibility index (Phi) is 13.7. The molecule has 0 saturated heterocycles. The zero-order valence-electron chi connectivity index (χ0n) is 23.3. The van der Waals surface area contributed by atoms with Crippen molar-refractivity contribution < 1.29 is 19.1 Å². The van der Waals surface area contributed by atoms with Crippen LogP contribution in [0.4, 0.5) is 9.59 Å². The van der Waals surface area contributed by atoms with Gasteiger partial charge in [0.15, 0.2) is 0 Å². The van der Waals surface area contributed by atoms with Crippen LogP contribution in [0.1, 0.15) is 119 Å². The van der Waals surface area contributed by atoms with E-state index in [0.29, 0.717) is 24.7 Å². The van der Waals surface area contributed by atoms with Crippen molar-refractivity contribution in [3.05, 3.63) is 0 Å². The maximum Gasteiger partial charge on any atom is 0.407 e. The van der Waals surface area contributed by atoms with Crippen molar-refractivity contribution in [1.82, 2.24) is 10.6 Å². The van der Waals surface area contributed by atoms with E-state index in [4.69, 9.17) is 20.0 Å². The van der Waals surface area contributed by atoms with Crippen LogP contribution in [0.15, 0.2) is 0 Å². The molecule has 8 nitrogen and oxygen atoms in total. The van der Waals surface area contributed by atoms with Crippen molar-refractivity contribution in [2.75, 3.05) is 0 Å². The molecular formula is C28H48N4O4. The lowest BCUT2D eigenvalue weighted by Gasteiger charge is -2.29. The van der Waals surface area contributed by atoms with E-state index in [1.165, 1.54) is 0 Å². The lowest BCUT2D eigenvalue weighted by Crippen LogP contribution is -2.40. The average molecular weight is 505 g/mol. The second-order valence-corrected chi connectivity index (χ2v) is 12.1. The third kappa shape index (κ3) is 15.5. The van der Waals surface area contributed by atoms with E-state index in [9.17, 15) is 9.59 Å². The van der Waals surface area contributed by atoms with Crippen molar-refractivity contribution in [3.63, 3.8) is 0 Å². The van der Waals surface area contributed by atoms with E-state index < -0.39 is 11.2 Å². The summed E-state index contributed by atoms with van der Waals surface area (Å²) in [5.74, 6) is 1.31. The average Bonchev–Trinajstić information content (AvgIpc) is 2.76. The van der Waals surface area contributed by atoms with Crippen molar-refractivity contribution >= 4 is 12.2 Å². The number of hydrogen-bond acceptors (Lipinski definition) is 6. The fourth-order valence-corrected chi connectivity index (χ4v) is 4.68. The van der Waals surface area contributed by atoms with Crippen molar-refractivity contribution in [1.29, 1.82) is 10.5 Å². The Morgan fingerprint density at radius 2 is 0.972 bits per heavy atom. The highest BCUT2D eigenvalue weighted by Crippen LogP contribution is 2.28. The first-order chi connectivity index (χ1) is 16.8. The quantitative estimate of drug-likeness (QED) is 0.412. The lowest BCUT2D eigenvalue weighted by molar-refractivity contribution is 0.0475. The Bertz CT molecular complexity index is 677. The highest BCUT2D eigenvalue weighted by molar-refractivity contribution is 5.68. The number of rotatable bonds is 6. The van der Waals surface area contributed by atoms with Crippen LogP contribution in [-0.4, -0.2) is 35.5 Å². The first kappa shape index (κ1) is 31.5. The van der Waals surface area contributed by atoms with Crippen LogP contribution in [0, 0.1) is 34.5 Å². The van der Waals surface area contributed by atoms with Crippen molar-refractivity contribution in [2.24, 2.45) is 11.8 Å². The van der Waals surface area contributed by atoms with Crippen LogP contribution in [-0.2, 0) is 9.47 Å². The smallest absolute Gasteiger partial charge is 0.407 e. The largest absolute Gasteiger partial charge is 0.444 e. The van der Waals surface area contributed by atoms with Gasteiger partial charge in [-0.05, 0) is 118 Å². The zero-order valence-corrected chi connectivity index (χ0v) is 23.3. The number of carbonyl (C=O) groups is 2. The van der Waals surface area contributed by atoms with Gasteiger partial charge in [0.2, 0.25) is 0 Å². The molecule has 2 aliphatic carbocycles. The number of amides is 2. The van der Waals surface area contributed by atoms with E-state index in [1.807, 2.05) is 41.5 Å². The molecule has 2 fully saturated rings. The lowest BCUT2D eigenvalue weighted by atomic mass is 9.83. The van der Waals surface area contributed by atoms with Gasteiger partial charge >= 0.3 is 12.2 Å². The number of nitrogens with zero attached hydrogens (tertiary/aromatic N) is 2. The van der Waals surface area contributed by atoms with Gasteiger partial charge < -0.3 is 20.1 Å². The molecular weight excluding hydrogens is 456 g/mol. The maximum atomic E-state index is 11.6. The highest BCUT2D eigenvalue weighted by Gasteiger charge is 2.25. The maximum absolute atomic E-state index is 11.6. The molecule has 0 aromatic heterocycles. The standard InChI is InChI=1S/2C14H24N2O2/c2*1-14(2,3)18-13(17)16-12-8-6-11(7-9-12)5-4-10-15/h2*11-12H,4-9H2,1-3H3,(H,16,17). The summed E-state index contributed by atoms with van der Waals surface area (Å²) in [6.45, 7) is 11.2. The first-order valence-electron chi connectivity index (χ1n) is 13.5. The molecule has 0 bridgehead atoms. The monoisotopic (exact) mass is 504 g/mol. The summed E-state index contributed by atoms with van der Waals surface area (Å²) in [5, 5.41) is 23.0.